The van der Waals surface area contributed by atoms with Crippen LogP contribution in [0, 0.1) is 23.2 Å². The zero-order valence-electron chi connectivity index (χ0n) is 23.5. The highest BCUT2D eigenvalue weighted by Gasteiger charge is 2.47. The van der Waals surface area contributed by atoms with E-state index in [0.29, 0.717) is 5.41 Å². The van der Waals surface area contributed by atoms with E-state index in [1.807, 2.05) is 0 Å². The lowest BCUT2D eigenvalue weighted by Crippen LogP contribution is -2.44. The molecule has 0 saturated heterocycles. The van der Waals surface area contributed by atoms with Crippen LogP contribution >= 0.6 is 0 Å². The van der Waals surface area contributed by atoms with Crippen LogP contribution in [0.5, 0.6) is 0 Å². The number of hydrogen-bond donors (Lipinski definition) is 0. The van der Waals surface area contributed by atoms with Crippen LogP contribution in [0.4, 0.5) is 0 Å². The Bertz CT molecular complexity index is 422. The van der Waals surface area contributed by atoms with Gasteiger partial charge in [0.15, 0.2) is 0 Å². The fraction of sp³-hybridized carbons (Fsp3) is 0.941. The van der Waals surface area contributed by atoms with Crippen molar-refractivity contribution in [2.24, 2.45) is 23.2 Å². The van der Waals surface area contributed by atoms with Gasteiger partial charge in [0, 0.05) is 0 Å². The van der Waals surface area contributed by atoms with Gasteiger partial charge in [0.1, 0.15) is 0 Å². The molecule has 0 spiro atoms. The summed E-state index contributed by atoms with van der Waals surface area (Å²) < 4.78 is 0. The third-order valence-electron chi connectivity index (χ3n) is 10.4. The van der Waals surface area contributed by atoms with Crippen molar-refractivity contribution in [1.82, 2.24) is 0 Å². The predicted octanol–water partition coefficient (Wildman–Crippen LogP) is 12.0. The monoisotopic (exact) mass is 470 g/mol. The molecule has 0 amide bonds. The van der Waals surface area contributed by atoms with E-state index < -0.39 is 0 Å². The van der Waals surface area contributed by atoms with Crippen LogP contribution in [0.25, 0.3) is 0 Å². The molecule has 0 heteroatoms. The summed E-state index contributed by atoms with van der Waals surface area (Å²) in [4.78, 5) is 0. The van der Waals surface area contributed by atoms with Crippen LogP contribution in [0.15, 0.2) is 12.2 Å². The van der Waals surface area contributed by atoms with E-state index >= 15 is 0 Å². The van der Waals surface area contributed by atoms with E-state index in [4.69, 9.17) is 0 Å². The molecular formula is C34H62. The molecule has 3 fully saturated rings. The van der Waals surface area contributed by atoms with Crippen LogP contribution in [0.1, 0.15) is 180 Å². The summed E-state index contributed by atoms with van der Waals surface area (Å²) in [5.41, 5.74) is 0.492. The Balaban J connectivity index is 1.94. The quantitative estimate of drug-likeness (QED) is 0.358. The van der Waals surface area contributed by atoms with Gasteiger partial charge in [0.05, 0.1) is 0 Å². The van der Waals surface area contributed by atoms with Gasteiger partial charge >= 0.3 is 0 Å². The molecule has 34 heavy (non-hydrogen) atoms. The first-order valence-electron chi connectivity index (χ1n) is 16.5. The summed E-state index contributed by atoms with van der Waals surface area (Å²) in [6.45, 7) is 2.37. The molecule has 0 nitrogen and oxygen atoms in total. The molecule has 0 aromatic carbocycles. The Morgan fingerprint density at radius 1 is 0.353 bits per heavy atom. The van der Waals surface area contributed by atoms with Gasteiger partial charge in [-0.1, -0.05) is 147 Å². The average Bonchev–Trinajstić information content (AvgIpc) is 2.87. The van der Waals surface area contributed by atoms with Crippen LogP contribution in [-0.4, -0.2) is 0 Å². The van der Waals surface area contributed by atoms with Gasteiger partial charge < -0.3 is 0 Å². The zero-order valence-corrected chi connectivity index (χ0v) is 23.5. The maximum atomic E-state index is 2.89. The SMILES string of the molecule is CC=CC(C1CCCCCCCCC1)(C1CCCCCCCCC1)C1CCCCCCCCC1. The fourth-order valence-corrected chi connectivity index (χ4v) is 8.63. The number of hydrogen-bond acceptors (Lipinski definition) is 0. The lowest BCUT2D eigenvalue weighted by Gasteiger charge is -2.52. The Morgan fingerprint density at radius 2 is 0.559 bits per heavy atom. The van der Waals surface area contributed by atoms with Gasteiger partial charge in [-0.25, -0.2) is 0 Å². The molecule has 0 unspecified atom stereocenters. The van der Waals surface area contributed by atoms with Crippen molar-refractivity contribution in [1.29, 1.82) is 0 Å². The second kappa shape index (κ2) is 17.2. The average molecular weight is 471 g/mol. The standard InChI is InChI=1S/C34H62/c1-2-30-34(31-24-18-12-6-3-7-13-19-25-31,32-26-20-14-8-4-9-15-21-27-32)33-28-22-16-10-5-11-17-23-29-33/h2,30-33H,3-29H2,1H3. The molecule has 0 atom stereocenters. The van der Waals surface area contributed by atoms with Gasteiger partial charge in [-0.15, -0.1) is 0 Å². The van der Waals surface area contributed by atoms with Crippen molar-refractivity contribution in [2.75, 3.05) is 0 Å². The fourth-order valence-electron chi connectivity index (χ4n) is 8.63. The van der Waals surface area contributed by atoms with Crippen LogP contribution in [0.2, 0.25) is 0 Å². The van der Waals surface area contributed by atoms with Crippen molar-refractivity contribution in [3.63, 3.8) is 0 Å². The Hall–Kier alpha value is -0.260. The molecule has 0 radical (unpaired) electrons. The minimum atomic E-state index is 0.492. The number of allylic oxidation sites excluding steroid dienone is 2. The van der Waals surface area contributed by atoms with Crippen molar-refractivity contribution in [2.45, 2.75) is 180 Å². The lowest BCUT2D eigenvalue weighted by atomic mass is 9.53. The van der Waals surface area contributed by atoms with Crippen molar-refractivity contribution in [3.8, 4) is 0 Å². The molecule has 0 heterocycles. The van der Waals surface area contributed by atoms with E-state index in [2.05, 4.69) is 19.1 Å². The summed E-state index contributed by atoms with van der Waals surface area (Å²) in [5.74, 6) is 2.84. The molecule has 0 aromatic heterocycles. The maximum Gasteiger partial charge on any atom is -0.00337 e. The third-order valence-corrected chi connectivity index (χ3v) is 10.4. The number of rotatable bonds is 4. The van der Waals surface area contributed by atoms with Crippen molar-refractivity contribution >= 4 is 0 Å². The molecule has 0 aromatic rings. The molecule has 3 rings (SSSR count). The molecule has 3 saturated carbocycles. The molecule has 198 valence electrons. The Kier molecular flexibility index (Phi) is 14.4. The van der Waals surface area contributed by atoms with Crippen molar-refractivity contribution < 1.29 is 0 Å². The van der Waals surface area contributed by atoms with Gasteiger partial charge in [-0.05, 0) is 68.6 Å². The first kappa shape index (κ1) is 28.3. The highest BCUT2D eigenvalue weighted by Crippen LogP contribution is 2.55. The summed E-state index contributed by atoms with van der Waals surface area (Å²) in [6, 6.07) is 0. The van der Waals surface area contributed by atoms with Crippen LogP contribution in [-0.2, 0) is 0 Å². The van der Waals surface area contributed by atoms with Crippen molar-refractivity contribution in [3.05, 3.63) is 12.2 Å². The normalized spacial score (nSPS) is 26.3. The third kappa shape index (κ3) is 9.00. The molecule has 3 aliphatic carbocycles. The van der Waals surface area contributed by atoms with E-state index in [9.17, 15) is 0 Å². The minimum absolute atomic E-state index is 0.492. The lowest BCUT2D eigenvalue weighted by molar-refractivity contribution is 0.0126. The van der Waals surface area contributed by atoms with Crippen LogP contribution in [0.3, 0.4) is 0 Å². The summed E-state index contributed by atoms with van der Waals surface area (Å²) in [7, 11) is 0. The zero-order chi connectivity index (χ0) is 23.7. The molecule has 3 aliphatic rings. The highest BCUT2D eigenvalue weighted by atomic mass is 14.5. The molecular weight excluding hydrogens is 408 g/mol. The topological polar surface area (TPSA) is 0 Å². The minimum Gasteiger partial charge on any atom is -0.0911 e. The second-order valence-corrected chi connectivity index (χ2v) is 12.7. The van der Waals surface area contributed by atoms with Crippen LogP contribution < -0.4 is 0 Å². The molecule has 0 aliphatic heterocycles. The van der Waals surface area contributed by atoms with E-state index in [0.717, 1.165) is 17.8 Å². The maximum absolute atomic E-state index is 2.89. The van der Waals surface area contributed by atoms with E-state index in [1.54, 1.807) is 0 Å². The predicted molar refractivity (Wildman–Crippen MR) is 152 cm³/mol. The van der Waals surface area contributed by atoms with Gasteiger partial charge in [0.2, 0.25) is 0 Å². The Morgan fingerprint density at radius 3 is 0.765 bits per heavy atom. The van der Waals surface area contributed by atoms with E-state index in [-0.39, 0.29) is 0 Å². The summed E-state index contributed by atoms with van der Waals surface area (Å²) >= 11 is 0. The first-order chi connectivity index (χ1) is 16.9. The smallest absolute Gasteiger partial charge is 0.00337 e. The van der Waals surface area contributed by atoms with Gasteiger partial charge in [-0.3, -0.25) is 0 Å². The first-order valence-corrected chi connectivity index (χ1v) is 16.5. The Labute approximate surface area is 215 Å². The van der Waals surface area contributed by atoms with Gasteiger partial charge in [-0.2, -0.15) is 0 Å². The van der Waals surface area contributed by atoms with Gasteiger partial charge in [0.25, 0.3) is 0 Å². The molecule has 0 N–H and O–H groups in total. The molecule has 0 bridgehead atoms. The largest absolute Gasteiger partial charge is 0.0911 e. The van der Waals surface area contributed by atoms with E-state index in [1.165, 1.54) is 173 Å². The second-order valence-electron chi connectivity index (χ2n) is 12.7. The summed E-state index contributed by atoms with van der Waals surface area (Å²) in [5, 5.41) is 0. The highest BCUT2D eigenvalue weighted by molar-refractivity contribution is 5.09. The summed E-state index contributed by atoms with van der Waals surface area (Å²) in [6.07, 6.45) is 46.0.